The number of aliphatic hydroxyl groups is 2. The van der Waals surface area contributed by atoms with Crippen LogP contribution >= 0.6 is 23.2 Å². The van der Waals surface area contributed by atoms with E-state index in [4.69, 9.17) is 28.9 Å². The lowest BCUT2D eigenvalue weighted by atomic mass is 10.0. The highest BCUT2D eigenvalue weighted by Crippen LogP contribution is 2.35. The lowest BCUT2D eigenvalue weighted by Crippen LogP contribution is -2.23. The van der Waals surface area contributed by atoms with E-state index in [0.29, 0.717) is 0 Å². The SMILES string of the molecule is COC(=O)CC(O)C(O)c1ccc(N)c(Cl)c1Cl. The smallest absolute Gasteiger partial charge is 0.308 e. The summed E-state index contributed by atoms with van der Waals surface area (Å²) in [7, 11) is 1.19. The quantitative estimate of drug-likeness (QED) is 0.578. The van der Waals surface area contributed by atoms with E-state index < -0.39 is 18.2 Å². The number of halogens is 2. The predicted octanol–water partition coefficient (Wildman–Crippen LogP) is 1.53. The highest BCUT2D eigenvalue weighted by atomic mass is 35.5. The van der Waals surface area contributed by atoms with Crippen molar-refractivity contribution in [2.75, 3.05) is 12.8 Å². The molecule has 0 spiro atoms. The molecule has 0 amide bonds. The first kappa shape index (κ1) is 15.0. The molecule has 2 unspecified atom stereocenters. The van der Waals surface area contributed by atoms with E-state index >= 15 is 0 Å². The van der Waals surface area contributed by atoms with E-state index in [-0.39, 0.29) is 27.7 Å². The number of methoxy groups -OCH3 is 1. The van der Waals surface area contributed by atoms with Crippen LogP contribution in [0, 0.1) is 0 Å². The Kier molecular flexibility index (Phi) is 5.22. The molecule has 4 N–H and O–H groups in total. The van der Waals surface area contributed by atoms with Crippen LogP contribution in [-0.4, -0.2) is 29.4 Å². The molecular formula is C11H13Cl2NO4. The Balaban J connectivity index is 2.93. The summed E-state index contributed by atoms with van der Waals surface area (Å²) >= 11 is 11.7. The van der Waals surface area contributed by atoms with Crippen LogP contribution in [0.25, 0.3) is 0 Å². The molecule has 7 heteroatoms. The van der Waals surface area contributed by atoms with Gasteiger partial charge in [0.05, 0.1) is 35.4 Å². The Morgan fingerprint density at radius 2 is 2.00 bits per heavy atom. The van der Waals surface area contributed by atoms with Gasteiger partial charge >= 0.3 is 5.97 Å². The molecule has 0 radical (unpaired) electrons. The second-order valence-electron chi connectivity index (χ2n) is 3.66. The Morgan fingerprint density at radius 1 is 1.39 bits per heavy atom. The topological polar surface area (TPSA) is 92.8 Å². The molecule has 5 nitrogen and oxygen atoms in total. The third-order valence-corrected chi connectivity index (χ3v) is 3.34. The van der Waals surface area contributed by atoms with Crippen LogP contribution in [-0.2, 0) is 9.53 Å². The van der Waals surface area contributed by atoms with E-state index in [1.165, 1.54) is 19.2 Å². The summed E-state index contributed by atoms with van der Waals surface area (Å²) in [5, 5.41) is 19.7. The van der Waals surface area contributed by atoms with Crippen molar-refractivity contribution in [1.29, 1.82) is 0 Å². The maximum Gasteiger partial charge on any atom is 0.308 e. The number of hydrogen-bond donors (Lipinski definition) is 3. The third-order valence-electron chi connectivity index (χ3n) is 2.43. The average molecular weight is 294 g/mol. The number of carbonyl (C=O) groups is 1. The lowest BCUT2D eigenvalue weighted by molar-refractivity contribution is -0.144. The highest BCUT2D eigenvalue weighted by molar-refractivity contribution is 6.44. The molecule has 2 atom stereocenters. The van der Waals surface area contributed by atoms with Crippen molar-refractivity contribution in [3.63, 3.8) is 0 Å². The molecule has 0 heterocycles. The van der Waals surface area contributed by atoms with Gasteiger partial charge in [0, 0.05) is 5.56 Å². The standard InChI is InChI=1S/C11H13Cl2NO4/c1-18-8(16)4-7(15)11(17)5-2-3-6(14)10(13)9(5)12/h2-3,7,11,15,17H,4,14H2,1H3. The van der Waals surface area contributed by atoms with Crippen molar-refractivity contribution in [1.82, 2.24) is 0 Å². The van der Waals surface area contributed by atoms with Crippen LogP contribution < -0.4 is 5.73 Å². The Morgan fingerprint density at radius 3 is 2.56 bits per heavy atom. The largest absolute Gasteiger partial charge is 0.469 e. The van der Waals surface area contributed by atoms with Gasteiger partial charge in [0.1, 0.15) is 6.10 Å². The maximum atomic E-state index is 11.0. The van der Waals surface area contributed by atoms with Gasteiger partial charge in [0.15, 0.2) is 0 Å². The molecule has 0 aliphatic heterocycles. The van der Waals surface area contributed by atoms with Gasteiger partial charge in [-0.15, -0.1) is 0 Å². The number of aliphatic hydroxyl groups excluding tert-OH is 2. The minimum Gasteiger partial charge on any atom is -0.469 e. The van der Waals surface area contributed by atoms with E-state index in [1.807, 2.05) is 0 Å². The van der Waals surface area contributed by atoms with Crippen molar-refractivity contribution < 1.29 is 19.7 Å². The molecule has 1 aromatic rings. The number of nitrogen functional groups attached to an aromatic ring is 1. The molecule has 0 saturated carbocycles. The Labute approximate surface area is 114 Å². The van der Waals surface area contributed by atoms with Crippen molar-refractivity contribution >= 4 is 34.9 Å². The lowest BCUT2D eigenvalue weighted by Gasteiger charge is -2.19. The van der Waals surface area contributed by atoms with Crippen molar-refractivity contribution in [3.05, 3.63) is 27.7 Å². The summed E-state index contributed by atoms with van der Waals surface area (Å²) in [6, 6.07) is 2.90. The van der Waals surface area contributed by atoms with Crippen LogP contribution in [0.5, 0.6) is 0 Å². The third kappa shape index (κ3) is 3.26. The monoisotopic (exact) mass is 293 g/mol. The second-order valence-corrected chi connectivity index (χ2v) is 4.42. The van der Waals surface area contributed by atoms with Gasteiger partial charge < -0.3 is 20.7 Å². The number of benzene rings is 1. The van der Waals surface area contributed by atoms with Crippen molar-refractivity contribution in [3.8, 4) is 0 Å². The zero-order valence-electron chi connectivity index (χ0n) is 9.56. The van der Waals surface area contributed by atoms with Crippen molar-refractivity contribution in [2.45, 2.75) is 18.6 Å². The Bertz CT molecular complexity index is 453. The van der Waals surface area contributed by atoms with Gasteiger partial charge in [-0.25, -0.2) is 0 Å². The predicted molar refractivity (Wildman–Crippen MR) is 68.5 cm³/mol. The zero-order chi connectivity index (χ0) is 13.9. The molecule has 100 valence electrons. The maximum absolute atomic E-state index is 11.0. The first-order chi connectivity index (χ1) is 8.38. The molecule has 0 aliphatic rings. The zero-order valence-corrected chi connectivity index (χ0v) is 11.1. The fourth-order valence-corrected chi connectivity index (χ4v) is 1.84. The highest BCUT2D eigenvalue weighted by Gasteiger charge is 2.25. The molecular weight excluding hydrogens is 281 g/mol. The summed E-state index contributed by atoms with van der Waals surface area (Å²) in [4.78, 5) is 11.0. The van der Waals surface area contributed by atoms with Gasteiger partial charge in [0.2, 0.25) is 0 Å². The normalized spacial score (nSPS) is 14.1. The summed E-state index contributed by atoms with van der Waals surface area (Å²) in [5.74, 6) is -0.640. The first-order valence-electron chi connectivity index (χ1n) is 5.04. The van der Waals surface area contributed by atoms with Crippen LogP contribution in [0.3, 0.4) is 0 Å². The number of ether oxygens (including phenoxy) is 1. The van der Waals surface area contributed by atoms with E-state index in [1.54, 1.807) is 0 Å². The number of carbonyl (C=O) groups excluding carboxylic acids is 1. The Hall–Kier alpha value is -1.01. The minimum absolute atomic E-state index is 0.0492. The molecule has 0 bridgehead atoms. The first-order valence-corrected chi connectivity index (χ1v) is 5.80. The summed E-state index contributed by atoms with van der Waals surface area (Å²) in [6.45, 7) is 0. The fourth-order valence-electron chi connectivity index (χ4n) is 1.38. The van der Waals surface area contributed by atoms with Gasteiger partial charge in [-0.3, -0.25) is 4.79 Å². The molecule has 0 aliphatic carbocycles. The van der Waals surface area contributed by atoms with E-state index in [9.17, 15) is 15.0 Å². The van der Waals surface area contributed by atoms with Crippen LogP contribution in [0.15, 0.2) is 12.1 Å². The molecule has 0 aromatic heterocycles. The van der Waals surface area contributed by atoms with Gasteiger partial charge in [0.25, 0.3) is 0 Å². The number of rotatable bonds is 4. The fraction of sp³-hybridized carbons (Fsp3) is 0.364. The molecule has 1 aromatic carbocycles. The van der Waals surface area contributed by atoms with Crippen molar-refractivity contribution in [2.24, 2.45) is 0 Å². The molecule has 0 saturated heterocycles. The summed E-state index contributed by atoms with van der Waals surface area (Å²) in [6.07, 6.45) is -3.04. The number of esters is 1. The average Bonchev–Trinajstić information content (AvgIpc) is 2.35. The molecule has 18 heavy (non-hydrogen) atoms. The van der Waals surface area contributed by atoms with E-state index in [2.05, 4.69) is 4.74 Å². The minimum atomic E-state index is -1.35. The van der Waals surface area contributed by atoms with Crippen LogP contribution in [0.1, 0.15) is 18.1 Å². The van der Waals surface area contributed by atoms with Gasteiger partial charge in [-0.1, -0.05) is 29.3 Å². The van der Waals surface area contributed by atoms with Gasteiger partial charge in [-0.2, -0.15) is 0 Å². The van der Waals surface area contributed by atoms with Crippen LogP contribution in [0.4, 0.5) is 5.69 Å². The van der Waals surface area contributed by atoms with Gasteiger partial charge in [-0.05, 0) is 6.07 Å². The summed E-state index contributed by atoms with van der Waals surface area (Å²) < 4.78 is 4.39. The molecule has 1 rings (SSSR count). The van der Waals surface area contributed by atoms with Crippen LogP contribution in [0.2, 0.25) is 10.0 Å². The number of nitrogens with two attached hydrogens (primary N) is 1. The van der Waals surface area contributed by atoms with E-state index in [0.717, 1.165) is 0 Å². The summed E-state index contributed by atoms with van der Waals surface area (Å²) in [5.41, 5.74) is 6.00. The molecule has 0 fully saturated rings. The second kappa shape index (κ2) is 6.24. The number of anilines is 1. The number of hydrogen-bond acceptors (Lipinski definition) is 5.